The van der Waals surface area contributed by atoms with E-state index in [1.165, 1.54) is 17.5 Å². The van der Waals surface area contributed by atoms with Gasteiger partial charge < -0.3 is 19.9 Å². The minimum Gasteiger partial charge on any atom is -0.489 e. The molecule has 166 valence electrons. The van der Waals surface area contributed by atoms with Crippen molar-refractivity contribution in [1.29, 1.82) is 5.26 Å². The molecule has 2 heterocycles. The van der Waals surface area contributed by atoms with Gasteiger partial charge in [-0.25, -0.2) is 9.78 Å². The second-order valence-electron chi connectivity index (χ2n) is 7.11. The van der Waals surface area contributed by atoms with E-state index < -0.39 is 5.97 Å². The molecule has 0 saturated carbocycles. The van der Waals surface area contributed by atoms with Gasteiger partial charge in [-0.2, -0.15) is 5.26 Å². The molecule has 7 nitrogen and oxygen atoms in total. The van der Waals surface area contributed by atoms with Crippen molar-refractivity contribution in [2.24, 2.45) is 0 Å². The minimum atomic E-state index is -0.422. The number of nitrogens with two attached hydrogens (primary N) is 1. The van der Waals surface area contributed by atoms with E-state index in [0.29, 0.717) is 40.4 Å². The Morgan fingerprint density at radius 2 is 1.88 bits per heavy atom. The first kappa shape index (κ1) is 22.1. The normalized spacial score (nSPS) is 10.5. The van der Waals surface area contributed by atoms with Crippen LogP contribution in [0.5, 0.6) is 11.5 Å². The molecular formula is C25H21N3O4S. The average molecular weight is 460 g/mol. The molecule has 0 radical (unpaired) electrons. The highest BCUT2D eigenvalue weighted by Gasteiger charge is 2.18. The summed E-state index contributed by atoms with van der Waals surface area (Å²) in [7, 11) is 0. The molecule has 4 aromatic rings. The van der Waals surface area contributed by atoms with E-state index in [-0.39, 0.29) is 13.2 Å². The number of hydrogen-bond acceptors (Lipinski definition) is 8. The highest BCUT2D eigenvalue weighted by Crippen LogP contribution is 2.33. The topological polar surface area (TPSA) is 107 Å². The lowest BCUT2D eigenvalue weighted by Crippen LogP contribution is -2.06. The van der Waals surface area contributed by atoms with Gasteiger partial charge in [0.2, 0.25) is 0 Å². The molecule has 0 saturated heterocycles. The number of aromatic nitrogens is 1. The first-order valence-electron chi connectivity index (χ1n) is 10.3. The van der Waals surface area contributed by atoms with Gasteiger partial charge in [0.05, 0.1) is 28.5 Å². The lowest BCUT2D eigenvalue weighted by Gasteiger charge is -2.10. The third kappa shape index (κ3) is 5.05. The van der Waals surface area contributed by atoms with E-state index in [1.807, 2.05) is 35.7 Å². The quantitative estimate of drug-likeness (QED) is 0.366. The number of rotatable bonds is 8. The molecule has 0 aliphatic carbocycles. The lowest BCUT2D eigenvalue weighted by molar-refractivity contribution is 0.0528. The van der Waals surface area contributed by atoms with Crippen molar-refractivity contribution < 1.29 is 19.0 Å². The average Bonchev–Trinajstić information content (AvgIpc) is 3.27. The van der Waals surface area contributed by atoms with Gasteiger partial charge in [-0.15, -0.1) is 11.3 Å². The number of thiophene rings is 1. The Labute approximate surface area is 195 Å². The zero-order valence-electron chi connectivity index (χ0n) is 17.9. The zero-order valence-corrected chi connectivity index (χ0v) is 18.7. The molecule has 4 rings (SSSR count). The van der Waals surface area contributed by atoms with Gasteiger partial charge in [-0.1, -0.05) is 18.2 Å². The second kappa shape index (κ2) is 10.0. The fourth-order valence-electron chi connectivity index (χ4n) is 3.30. The predicted octanol–water partition coefficient (Wildman–Crippen LogP) is 5.08. The van der Waals surface area contributed by atoms with Crippen LogP contribution in [0.3, 0.4) is 0 Å². The number of pyridine rings is 1. The Kier molecular flexibility index (Phi) is 6.72. The smallest absolute Gasteiger partial charge is 0.341 e. The van der Waals surface area contributed by atoms with E-state index in [0.717, 1.165) is 15.8 Å². The van der Waals surface area contributed by atoms with Gasteiger partial charge in [0, 0.05) is 23.2 Å². The Morgan fingerprint density at radius 1 is 1.12 bits per heavy atom. The monoisotopic (exact) mass is 459 g/mol. The van der Waals surface area contributed by atoms with Crippen LogP contribution in [0, 0.1) is 11.3 Å². The van der Waals surface area contributed by atoms with Crippen LogP contribution in [0.1, 0.15) is 34.0 Å². The first-order valence-corrected chi connectivity index (χ1v) is 11.1. The summed E-state index contributed by atoms with van der Waals surface area (Å²) in [6.07, 6.45) is 1.45. The molecule has 2 N–H and O–H groups in total. The Bertz CT molecular complexity index is 1340. The van der Waals surface area contributed by atoms with Crippen molar-refractivity contribution in [2.75, 3.05) is 12.3 Å². The summed E-state index contributed by atoms with van der Waals surface area (Å²) in [6.45, 7) is 2.64. The largest absolute Gasteiger partial charge is 0.489 e. The number of carbonyl (C=O) groups excluding carboxylic acids is 1. The van der Waals surface area contributed by atoms with Crippen molar-refractivity contribution in [3.05, 3.63) is 82.4 Å². The summed E-state index contributed by atoms with van der Waals surface area (Å²) in [4.78, 5) is 16.4. The van der Waals surface area contributed by atoms with E-state index in [1.54, 1.807) is 25.1 Å². The number of anilines is 1. The van der Waals surface area contributed by atoms with Crippen molar-refractivity contribution in [3.63, 3.8) is 0 Å². The number of benzene rings is 2. The SMILES string of the molecule is CCOC(=O)c1cnc(N)c2c(COc3cccc(OCc4cccc(C#N)c4)c3)csc12. The van der Waals surface area contributed by atoms with Gasteiger partial charge in [0.15, 0.2) is 0 Å². The summed E-state index contributed by atoms with van der Waals surface area (Å²) < 4.78 is 17.7. The number of nitrogens with zero attached hydrogens (tertiary/aromatic N) is 2. The van der Waals surface area contributed by atoms with Gasteiger partial charge in [-0.05, 0) is 42.1 Å². The highest BCUT2D eigenvalue weighted by molar-refractivity contribution is 7.17. The van der Waals surface area contributed by atoms with E-state index in [9.17, 15) is 4.79 Å². The third-order valence-corrected chi connectivity index (χ3v) is 5.92. The molecule has 0 aliphatic rings. The van der Waals surface area contributed by atoms with Crippen molar-refractivity contribution in [1.82, 2.24) is 4.98 Å². The van der Waals surface area contributed by atoms with E-state index in [2.05, 4.69) is 11.1 Å². The fraction of sp³-hybridized carbons (Fsp3) is 0.160. The fourth-order valence-corrected chi connectivity index (χ4v) is 4.37. The molecular weight excluding hydrogens is 438 g/mol. The number of hydrogen-bond donors (Lipinski definition) is 1. The van der Waals surface area contributed by atoms with Crippen LogP contribution in [-0.2, 0) is 18.0 Å². The number of carbonyl (C=O) groups is 1. The highest BCUT2D eigenvalue weighted by atomic mass is 32.1. The van der Waals surface area contributed by atoms with Crippen LogP contribution in [-0.4, -0.2) is 17.6 Å². The van der Waals surface area contributed by atoms with Crippen molar-refractivity contribution in [3.8, 4) is 17.6 Å². The summed E-state index contributed by atoms with van der Waals surface area (Å²) in [5, 5.41) is 11.6. The van der Waals surface area contributed by atoms with Crippen LogP contribution in [0.2, 0.25) is 0 Å². The molecule has 33 heavy (non-hydrogen) atoms. The standard InChI is InChI=1S/C25H21N3O4S/c1-2-30-25(29)21-12-28-24(27)22-18(15-33-23(21)22)14-32-20-8-4-7-19(10-20)31-13-17-6-3-5-16(9-17)11-26/h3-10,12,15H,2,13-14H2,1H3,(H2,27,28). The zero-order chi connectivity index (χ0) is 23.2. The van der Waals surface area contributed by atoms with E-state index in [4.69, 9.17) is 25.2 Å². The molecule has 0 amide bonds. The number of nitriles is 1. The minimum absolute atomic E-state index is 0.256. The van der Waals surface area contributed by atoms with Gasteiger partial charge in [-0.3, -0.25) is 0 Å². The lowest BCUT2D eigenvalue weighted by atomic mass is 10.1. The number of ether oxygens (including phenoxy) is 3. The molecule has 0 atom stereocenters. The third-order valence-electron chi connectivity index (χ3n) is 4.86. The maximum atomic E-state index is 12.2. The van der Waals surface area contributed by atoms with E-state index >= 15 is 0 Å². The molecule has 0 bridgehead atoms. The summed E-state index contributed by atoms with van der Waals surface area (Å²) in [5.74, 6) is 1.20. The van der Waals surface area contributed by atoms with Gasteiger partial charge >= 0.3 is 5.97 Å². The number of esters is 1. The first-order chi connectivity index (χ1) is 16.1. The van der Waals surface area contributed by atoms with Crippen LogP contribution < -0.4 is 15.2 Å². The predicted molar refractivity (Wildman–Crippen MR) is 126 cm³/mol. The Morgan fingerprint density at radius 3 is 2.64 bits per heavy atom. The van der Waals surface area contributed by atoms with Crippen molar-refractivity contribution in [2.45, 2.75) is 20.1 Å². The summed E-state index contributed by atoms with van der Waals surface area (Å²) in [6, 6.07) is 16.7. The Hall–Kier alpha value is -4.09. The van der Waals surface area contributed by atoms with Gasteiger partial charge in [0.1, 0.15) is 30.5 Å². The molecule has 2 aromatic carbocycles. The second-order valence-corrected chi connectivity index (χ2v) is 7.99. The van der Waals surface area contributed by atoms with Crippen LogP contribution >= 0.6 is 11.3 Å². The molecule has 0 spiro atoms. The van der Waals surface area contributed by atoms with Gasteiger partial charge in [0.25, 0.3) is 0 Å². The maximum Gasteiger partial charge on any atom is 0.341 e. The molecule has 0 fully saturated rings. The number of nitrogen functional groups attached to an aromatic ring is 1. The maximum absolute atomic E-state index is 12.2. The molecule has 8 heteroatoms. The summed E-state index contributed by atoms with van der Waals surface area (Å²) >= 11 is 1.41. The molecule has 0 unspecified atom stereocenters. The Balaban J connectivity index is 1.47. The van der Waals surface area contributed by atoms with Crippen LogP contribution in [0.15, 0.2) is 60.1 Å². The summed E-state index contributed by atoms with van der Waals surface area (Å²) in [5.41, 5.74) is 8.84. The van der Waals surface area contributed by atoms with Crippen molar-refractivity contribution >= 4 is 33.2 Å². The molecule has 0 aliphatic heterocycles. The number of fused-ring (bicyclic) bond motifs is 1. The molecule has 2 aromatic heterocycles. The van der Waals surface area contributed by atoms with Crippen LogP contribution in [0.4, 0.5) is 5.82 Å². The van der Waals surface area contributed by atoms with Crippen LogP contribution in [0.25, 0.3) is 10.1 Å².